The zero-order valence-corrected chi connectivity index (χ0v) is 24.1. The molecule has 38 heavy (non-hydrogen) atoms. The first kappa shape index (κ1) is 29.5. The van der Waals surface area contributed by atoms with E-state index in [4.69, 9.17) is 16.7 Å². The van der Waals surface area contributed by atoms with Crippen molar-refractivity contribution < 1.29 is 15.0 Å². The number of hydrogen-bond acceptors (Lipinski definition) is 4. The molecular formula is C32H41ClN2O3. The predicted octanol–water partition coefficient (Wildman–Crippen LogP) is 7.35. The fraction of sp³-hybridized carbons (Fsp3) is 0.406. The van der Waals surface area contributed by atoms with E-state index in [1.54, 1.807) is 20.8 Å². The third-order valence-electron chi connectivity index (χ3n) is 6.67. The van der Waals surface area contributed by atoms with E-state index in [1.807, 2.05) is 30.3 Å². The molecule has 5 rings (SSSR count). The van der Waals surface area contributed by atoms with Gasteiger partial charge in [0.15, 0.2) is 0 Å². The van der Waals surface area contributed by atoms with Crippen LogP contribution in [0, 0.1) is 0 Å². The molecule has 0 aromatic heterocycles. The summed E-state index contributed by atoms with van der Waals surface area (Å²) in [6.07, 6.45) is 4.47. The Kier molecular flexibility index (Phi) is 9.86. The molecule has 204 valence electrons. The molecule has 5 nitrogen and oxygen atoms in total. The Balaban J connectivity index is 0.000000732. The SMILES string of the molecule is CC(C)(C)O.CCC1=C(CC(=O)O)/C(c2ccc(Cl)cc2)=C2/CC(C)N\C=C\1N(C)C(c1ccccc1)C2. The molecule has 0 saturated carbocycles. The van der Waals surface area contributed by atoms with E-state index in [2.05, 4.69) is 61.6 Å². The Morgan fingerprint density at radius 3 is 2.21 bits per heavy atom. The molecule has 2 aromatic rings. The molecule has 2 atom stereocenters. The minimum atomic E-state index is -0.816. The molecule has 2 bridgehead atoms. The highest BCUT2D eigenvalue weighted by molar-refractivity contribution is 6.30. The maximum atomic E-state index is 12.1. The monoisotopic (exact) mass is 536 g/mol. The zero-order valence-electron chi connectivity index (χ0n) is 23.4. The summed E-state index contributed by atoms with van der Waals surface area (Å²) in [5.41, 5.74) is 7.16. The number of halogens is 1. The van der Waals surface area contributed by atoms with E-state index in [0.29, 0.717) is 5.02 Å². The molecule has 0 amide bonds. The van der Waals surface area contributed by atoms with Crippen molar-refractivity contribution in [3.63, 3.8) is 0 Å². The van der Waals surface area contributed by atoms with Crippen molar-refractivity contribution in [2.75, 3.05) is 7.05 Å². The van der Waals surface area contributed by atoms with Gasteiger partial charge in [0.05, 0.1) is 23.8 Å². The number of nitrogens with one attached hydrogen (secondary N) is 1. The van der Waals surface area contributed by atoms with Gasteiger partial charge in [0.2, 0.25) is 0 Å². The molecule has 0 spiro atoms. The van der Waals surface area contributed by atoms with Crippen molar-refractivity contribution in [1.82, 2.24) is 10.2 Å². The Morgan fingerprint density at radius 2 is 1.66 bits per heavy atom. The van der Waals surface area contributed by atoms with E-state index < -0.39 is 11.6 Å². The van der Waals surface area contributed by atoms with Crippen LogP contribution < -0.4 is 5.32 Å². The smallest absolute Gasteiger partial charge is 0.307 e. The normalized spacial score (nSPS) is 25.1. The lowest BCUT2D eigenvalue weighted by Crippen LogP contribution is -2.28. The summed E-state index contributed by atoms with van der Waals surface area (Å²) in [6, 6.07) is 18.8. The first-order valence-electron chi connectivity index (χ1n) is 13.3. The van der Waals surface area contributed by atoms with Crippen LogP contribution in [0.25, 0.3) is 5.57 Å². The first-order valence-corrected chi connectivity index (χ1v) is 13.7. The van der Waals surface area contributed by atoms with Crippen LogP contribution in [0.15, 0.2) is 83.2 Å². The third kappa shape index (κ3) is 7.75. The van der Waals surface area contributed by atoms with Crippen LogP contribution in [0.2, 0.25) is 5.02 Å². The highest BCUT2D eigenvalue weighted by atomic mass is 35.5. The number of allylic oxidation sites excluding steroid dienone is 2. The molecule has 3 aliphatic rings. The number of carboxylic acids is 1. The number of carboxylic acid groups (broad SMARTS) is 1. The summed E-state index contributed by atoms with van der Waals surface area (Å²) in [5, 5.41) is 22.7. The number of aliphatic carboxylic acids is 1. The van der Waals surface area contributed by atoms with E-state index in [0.717, 1.165) is 47.2 Å². The van der Waals surface area contributed by atoms with Crippen LogP contribution in [0.1, 0.15) is 77.5 Å². The van der Waals surface area contributed by atoms with Crippen LogP contribution in [-0.4, -0.2) is 39.8 Å². The fourth-order valence-corrected chi connectivity index (χ4v) is 5.27. The van der Waals surface area contributed by atoms with Crippen molar-refractivity contribution in [3.8, 4) is 0 Å². The lowest BCUT2D eigenvalue weighted by Gasteiger charge is -2.37. The van der Waals surface area contributed by atoms with Gasteiger partial charge in [-0.25, -0.2) is 0 Å². The van der Waals surface area contributed by atoms with Crippen LogP contribution in [0.4, 0.5) is 0 Å². The summed E-state index contributed by atoms with van der Waals surface area (Å²) in [4.78, 5) is 14.4. The van der Waals surface area contributed by atoms with Gasteiger partial charge in [-0.05, 0) is 86.9 Å². The number of benzene rings is 2. The number of rotatable bonds is 5. The number of carbonyl (C=O) groups is 1. The van der Waals surface area contributed by atoms with E-state index >= 15 is 0 Å². The second-order valence-electron chi connectivity index (χ2n) is 11.1. The van der Waals surface area contributed by atoms with Crippen molar-refractivity contribution in [2.45, 2.75) is 78.0 Å². The van der Waals surface area contributed by atoms with Gasteiger partial charge in [0, 0.05) is 24.3 Å². The van der Waals surface area contributed by atoms with Gasteiger partial charge < -0.3 is 20.4 Å². The molecule has 0 aliphatic carbocycles. The largest absolute Gasteiger partial charge is 0.481 e. The Hall–Kier alpha value is -3.02. The molecule has 3 aliphatic heterocycles. The Morgan fingerprint density at radius 1 is 1.05 bits per heavy atom. The lowest BCUT2D eigenvalue weighted by molar-refractivity contribution is -0.136. The van der Waals surface area contributed by atoms with E-state index in [1.165, 1.54) is 11.1 Å². The van der Waals surface area contributed by atoms with Crippen molar-refractivity contribution >= 4 is 23.1 Å². The molecule has 2 unspecified atom stereocenters. The van der Waals surface area contributed by atoms with Gasteiger partial charge in [-0.2, -0.15) is 0 Å². The minimum absolute atomic E-state index is 0.0137. The van der Waals surface area contributed by atoms with Gasteiger partial charge in [-0.1, -0.05) is 66.6 Å². The predicted molar refractivity (Wildman–Crippen MR) is 157 cm³/mol. The highest BCUT2D eigenvalue weighted by Crippen LogP contribution is 2.45. The number of likely N-dealkylation sites (N-methyl/N-ethyl adjacent to an activating group) is 1. The van der Waals surface area contributed by atoms with Gasteiger partial charge >= 0.3 is 5.97 Å². The average Bonchev–Trinajstić information content (AvgIpc) is 2.93. The van der Waals surface area contributed by atoms with E-state index in [-0.39, 0.29) is 18.5 Å². The molecule has 6 heteroatoms. The van der Waals surface area contributed by atoms with Crippen molar-refractivity contribution in [3.05, 3.63) is 99.4 Å². The first-order chi connectivity index (χ1) is 17.9. The topological polar surface area (TPSA) is 72.8 Å². The number of aliphatic hydroxyl groups is 1. The summed E-state index contributed by atoms with van der Waals surface area (Å²) in [6.45, 7) is 9.52. The molecule has 0 radical (unpaired) electrons. The lowest BCUT2D eigenvalue weighted by atomic mass is 9.80. The molecule has 0 fully saturated rings. The van der Waals surface area contributed by atoms with Crippen molar-refractivity contribution in [2.24, 2.45) is 0 Å². The van der Waals surface area contributed by atoms with Crippen molar-refractivity contribution in [1.29, 1.82) is 0 Å². The molecule has 3 N–H and O–H groups in total. The highest BCUT2D eigenvalue weighted by Gasteiger charge is 2.32. The zero-order chi connectivity index (χ0) is 28.0. The molecular weight excluding hydrogens is 496 g/mol. The summed E-state index contributed by atoms with van der Waals surface area (Å²) >= 11 is 6.21. The average molecular weight is 537 g/mol. The second kappa shape index (κ2) is 12.7. The Labute approximate surface area is 232 Å². The molecule has 3 heterocycles. The molecule has 2 aromatic carbocycles. The summed E-state index contributed by atoms with van der Waals surface area (Å²) < 4.78 is 0. The maximum absolute atomic E-state index is 12.1. The fourth-order valence-electron chi connectivity index (χ4n) is 5.15. The van der Waals surface area contributed by atoms with Crippen LogP contribution >= 0.6 is 11.6 Å². The van der Waals surface area contributed by atoms with Gasteiger partial charge in [0.1, 0.15) is 0 Å². The summed E-state index contributed by atoms with van der Waals surface area (Å²) in [5.74, 6) is -0.816. The standard InChI is InChI=1S/C28H31ClN2O2.C4H10O/c1-4-23-24(16-27(32)33)28(20-10-12-22(29)13-11-20)21-14-18(2)30-17-26(23)31(3)25(15-21)19-8-6-5-7-9-19;1-4(2,3)5/h5-13,17-18,25,30H,4,14-16H2,1-3H3,(H,32,33);5H,1-3H3/b24-23-,26-17-,28-21-;. The molecule has 0 saturated heterocycles. The van der Waals surface area contributed by atoms with Gasteiger partial charge in [-0.15, -0.1) is 0 Å². The van der Waals surface area contributed by atoms with Gasteiger partial charge in [-0.3, -0.25) is 4.79 Å². The maximum Gasteiger partial charge on any atom is 0.307 e. The second-order valence-corrected chi connectivity index (χ2v) is 11.5. The summed E-state index contributed by atoms with van der Waals surface area (Å²) in [7, 11) is 2.13. The number of nitrogens with zero attached hydrogens (tertiary/aromatic N) is 1. The Bertz CT molecular complexity index is 1200. The van der Waals surface area contributed by atoms with Crippen LogP contribution in [0.3, 0.4) is 0 Å². The van der Waals surface area contributed by atoms with Crippen LogP contribution in [-0.2, 0) is 4.79 Å². The number of fused-ring (bicyclic) bond motifs is 6. The van der Waals surface area contributed by atoms with E-state index in [9.17, 15) is 9.90 Å². The quantitative estimate of drug-likeness (QED) is 0.372. The van der Waals surface area contributed by atoms with Crippen LogP contribution in [0.5, 0.6) is 0 Å². The van der Waals surface area contributed by atoms with Gasteiger partial charge in [0.25, 0.3) is 0 Å². The minimum Gasteiger partial charge on any atom is -0.481 e. The third-order valence-corrected chi connectivity index (χ3v) is 6.92. The number of hydrogen-bond donors (Lipinski definition) is 3.